The minimum absolute atomic E-state index is 0.0361. The number of benzene rings is 2. The fraction of sp³-hybridized carbons (Fsp3) is 0.0714. The maximum absolute atomic E-state index is 13.4. The molecule has 0 heterocycles. The molecule has 0 aliphatic rings. The SMILES string of the molecule is Cc1ccc(-c2cc(O)cc(C(=O)O)c2)cc1F. The first-order chi connectivity index (χ1) is 8.47. The van der Waals surface area contributed by atoms with Crippen LogP contribution in [0.5, 0.6) is 5.75 Å². The second-order valence-corrected chi connectivity index (χ2v) is 4.04. The molecule has 3 nitrogen and oxygen atoms in total. The molecular weight excluding hydrogens is 235 g/mol. The molecule has 4 heteroatoms. The Balaban J connectivity index is 2.56. The second-order valence-electron chi connectivity index (χ2n) is 4.04. The van der Waals surface area contributed by atoms with Crippen molar-refractivity contribution in [3.8, 4) is 16.9 Å². The summed E-state index contributed by atoms with van der Waals surface area (Å²) in [5, 5.41) is 18.4. The van der Waals surface area contributed by atoms with Gasteiger partial charge in [0.15, 0.2) is 0 Å². The zero-order valence-electron chi connectivity index (χ0n) is 9.64. The van der Waals surface area contributed by atoms with Crippen molar-refractivity contribution in [2.24, 2.45) is 0 Å². The maximum atomic E-state index is 13.4. The van der Waals surface area contributed by atoms with Gasteiger partial charge in [0.05, 0.1) is 5.56 Å². The fourth-order valence-electron chi connectivity index (χ4n) is 1.67. The number of halogens is 1. The fourth-order valence-corrected chi connectivity index (χ4v) is 1.67. The van der Waals surface area contributed by atoms with Crippen molar-refractivity contribution in [1.29, 1.82) is 0 Å². The van der Waals surface area contributed by atoms with E-state index in [4.69, 9.17) is 5.11 Å². The number of carboxylic acids is 1. The Kier molecular flexibility index (Phi) is 3.02. The van der Waals surface area contributed by atoms with Crippen LogP contribution in [-0.2, 0) is 0 Å². The zero-order valence-corrected chi connectivity index (χ0v) is 9.64. The number of aromatic hydroxyl groups is 1. The van der Waals surface area contributed by atoms with Gasteiger partial charge in [0.25, 0.3) is 0 Å². The molecule has 2 N–H and O–H groups in total. The van der Waals surface area contributed by atoms with E-state index in [0.717, 1.165) is 6.07 Å². The van der Waals surface area contributed by atoms with Gasteiger partial charge in [-0.2, -0.15) is 0 Å². The summed E-state index contributed by atoms with van der Waals surface area (Å²) in [6, 6.07) is 8.54. The van der Waals surface area contributed by atoms with Crippen molar-refractivity contribution >= 4 is 5.97 Å². The highest BCUT2D eigenvalue weighted by Crippen LogP contribution is 2.26. The van der Waals surface area contributed by atoms with Crippen molar-refractivity contribution in [2.75, 3.05) is 0 Å². The Morgan fingerprint density at radius 2 is 1.83 bits per heavy atom. The molecule has 0 unspecified atom stereocenters. The van der Waals surface area contributed by atoms with Crippen molar-refractivity contribution in [2.45, 2.75) is 6.92 Å². The number of phenolic OH excluding ortho intramolecular Hbond substituents is 1. The minimum atomic E-state index is -1.14. The van der Waals surface area contributed by atoms with Gasteiger partial charge in [-0.1, -0.05) is 12.1 Å². The quantitative estimate of drug-likeness (QED) is 0.855. The topological polar surface area (TPSA) is 57.5 Å². The van der Waals surface area contributed by atoms with Crippen LogP contribution in [0.3, 0.4) is 0 Å². The van der Waals surface area contributed by atoms with E-state index >= 15 is 0 Å². The molecule has 2 rings (SSSR count). The summed E-state index contributed by atoms with van der Waals surface area (Å²) in [5.74, 6) is -1.67. The van der Waals surface area contributed by atoms with Crippen LogP contribution in [0.4, 0.5) is 4.39 Å². The third kappa shape index (κ3) is 2.32. The predicted molar refractivity (Wildman–Crippen MR) is 65.2 cm³/mol. The van der Waals surface area contributed by atoms with E-state index in [0.29, 0.717) is 16.7 Å². The average molecular weight is 246 g/mol. The molecule has 0 saturated carbocycles. The first-order valence-corrected chi connectivity index (χ1v) is 5.31. The third-order valence-corrected chi connectivity index (χ3v) is 2.67. The van der Waals surface area contributed by atoms with E-state index in [-0.39, 0.29) is 17.1 Å². The minimum Gasteiger partial charge on any atom is -0.508 e. The van der Waals surface area contributed by atoms with Crippen LogP contribution < -0.4 is 0 Å². The van der Waals surface area contributed by atoms with Crippen LogP contribution in [0.1, 0.15) is 15.9 Å². The van der Waals surface area contributed by atoms with Crippen molar-refractivity contribution in [1.82, 2.24) is 0 Å². The molecule has 92 valence electrons. The number of phenols is 1. The van der Waals surface area contributed by atoms with Crippen molar-refractivity contribution in [3.05, 3.63) is 53.3 Å². The Hall–Kier alpha value is -2.36. The van der Waals surface area contributed by atoms with Gasteiger partial charge < -0.3 is 10.2 Å². The summed E-state index contributed by atoms with van der Waals surface area (Å²) in [6.07, 6.45) is 0. The number of hydrogen-bond acceptors (Lipinski definition) is 2. The van der Waals surface area contributed by atoms with Gasteiger partial charge in [0, 0.05) is 0 Å². The number of aromatic carboxylic acids is 1. The van der Waals surface area contributed by atoms with Crippen LogP contribution >= 0.6 is 0 Å². The Morgan fingerprint density at radius 3 is 2.44 bits per heavy atom. The van der Waals surface area contributed by atoms with Gasteiger partial charge >= 0.3 is 5.97 Å². The van der Waals surface area contributed by atoms with E-state index in [2.05, 4.69) is 0 Å². The lowest BCUT2D eigenvalue weighted by molar-refractivity contribution is 0.0696. The second kappa shape index (κ2) is 4.49. The summed E-state index contributed by atoms with van der Waals surface area (Å²) in [7, 11) is 0. The highest BCUT2D eigenvalue weighted by atomic mass is 19.1. The lowest BCUT2D eigenvalue weighted by Gasteiger charge is -2.06. The largest absolute Gasteiger partial charge is 0.508 e. The molecule has 0 radical (unpaired) electrons. The van der Waals surface area contributed by atoms with Gasteiger partial charge in [-0.05, 0) is 47.9 Å². The van der Waals surface area contributed by atoms with Gasteiger partial charge in [-0.15, -0.1) is 0 Å². The molecule has 0 aromatic heterocycles. The number of aryl methyl sites for hydroxylation is 1. The lowest BCUT2D eigenvalue weighted by atomic mass is 10.0. The van der Waals surface area contributed by atoms with Crippen LogP contribution in [0.25, 0.3) is 11.1 Å². The molecule has 0 saturated heterocycles. The monoisotopic (exact) mass is 246 g/mol. The molecule has 0 aliphatic carbocycles. The molecular formula is C14H11FO3. The summed E-state index contributed by atoms with van der Waals surface area (Å²) in [4.78, 5) is 10.9. The number of hydrogen-bond donors (Lipinski definition) is 2. The molecule has 2 aromatic carbocycles. The molecule has 18 heavy (non-hydrogen) atoms. The van der Waals surface area contributed by atoms with Crippen LogP contribution in [0.15, 0.2) is 36.4 Å². The average Bonchev–Trinajstić information content (AvgIpc) is 2.31. The molecule has 0 bridgehead atoms. The summed E-state index contributed by atoms with van der Waals surface area (Å²) in [6.45, 7) is 1.64. The summed E-state index contributed by atoms with van der Waals surface area (Å²) in [5.41, 5.74) is 1.46. The molecule has 0 aliphatic heterocycles. The zero-order chi connectivity index (χ0) is 13.3. The van der Waals surface area contributed by atoms with Crippen molar-refractivity contribution in [3.63, 3.8) is 0 Å². The highest BCUT2D eigenvalue weighted by molar-refractivity contribution is 5.90. The number of rotatable bonds is 2. The van der Waals surface area contributed by atoms with Crippen molar-refractivity contribution < 1.29 is 19.4 Å². The van der Waals surface area contributed by atoms with Crippen LogP contribution in [0.2, 0.25) is 0 Å². The van der Waals surface area contributed by atoms with Crippen LogP contribution in [-0.4, -0.2) is 16.2 Å². The Labute approximate surface area is 103 Å². The number of carbonyl (C=O) groups is 1. The molecule has 0 fully saturated rings. The summed E-state index contributed by atoms with van der Waals surface area (Å²) >= 11 is 0. The van der Waals surface area contributed by atoms with Crippen LogP contribution in [0, 0.1) is 12.7 Å². The Bertz CT molecular complexity index is 620. The van der Waals surface area contributed by atoms with Gasteiger partial charge in [-0.3, -0.25) is 0 Å². The van der Waals surface area contributed by atoms with Gasteiger partial charge in [-0.25, -0.2) is 9.18 Å². The Morgan fingerprint density at radius 1 is 1.11 bits per heavy atom. The molecule has 2 aromatic rings. The van der Waals surface area contributed by atoms with E-state index in [1.54, 1.807) is 19.1 Å². The standard InChI is InChI=1S/C14H11FO3/c1-8-2-3-9(7-13(8)15)10-4-11(14(17)18)6-12(16)5-10/h2-7,16H,1H3,(H,17,18). The molecule has 0 spiro atoms. The highest BCUT2D eigenvalue weighted by Gasteiger charge is 2.09. The molecule has 0 atom stereocenters. The van der Waals surface area contributed by atoms with E-state index in [1.165, 1.54) is 18.2 Å². The smallest absolute Gasteiger partial charge is 0.335 e. The van der Waals surface area contributed by atoms with E-state index in [9.17, 15) is 14.3 Å². The number of carboxylic acid groups (broad SMARTS) is 1. The van der Waals surface area contributed by atoms with Gasteiger partial charge in [0.2, 0.25) is 0 Å². The maximum Gasteiger partial charge on any atom is 0.335 e. The molecule has 0 amide bonds. The lowest BCUT2D eigenvalue weighted by Crippen LogP contribution is -1.96. The first kappa shape index (κ1) is 12.1. The normalized spacial score (nSPS) is 10.3. The van der Waals surface area contributed by atoms with E-state index in [1.807, 2.05) is 0 Å². The van der Waals surface area contributed by atoms with Gasteiger partial charge in [0.1, 0.15) is 11.6 Å². The summed E-state index contributed by atoms with van der Waals surface area (Å²) < 4.78 is 13.4. The third-order valence-electron chi connectivity index (χ3n) is 2.67. The first-order valence-electron chi connectivity index (χ1n) is 5.31. The predicted octanol–water partition coefficient (Wildman–Crippen LogP) is 3.20. The van der Waals surface area contributed by atoms with E-state index < -0.39 is 5.97 Å².